The minimum atomic E-state index is -0.466. The van der Waals surface area contributed by atoms with E-state index in [1.165, 1.54) is 7.11 Å². The first-order valence-corrected chi connectivity index (χ1v) is 10.0. The summed E-state index contributed by atoms with van der Waals surface area (Å²) >= 11 is 0. The van der Waals surface area contributed by atoms with Crippen LogP contribution in [0.1, 0.15) is 31.8 Å². The molecule has 4 aromatic rings. The van der Waals surface area contributed by atoms with Gasteiger partial charge in [0.05, 0.1) is 18.2 Å². The molecule has 0 unspecified atom stereocenters. The number of ether oxygens (including phenoxy) is 2. The van der Waals surface area contributed by atoms with Gasteiger partial charge in [0.15, 0.2) is 0 Å². The van der Waals surface area contributed by atoms with Crippen molar-refractivity contribution in [1.29, 1.82) is 0 Å². The lowest BCUT2D eigenvalue weighted by atomic mass is 9.88. The molecule has 0 fully saturated rings. The number of methoxy groups -OCH3 is 1. The maximum Gasteiger partial charge on any atom is 0.338 e. The molecule has 4 nitrogen and oxygen atoms in total. The van der Waals surface area contributed by atoms with E-state index < -0.39 is 11.9 Å². The van der Waals surface area contributed by atoms with Crippen LogP contribution in [0.3, 0.4) is 0 Å². The molecule has 0 aromatic heterocycles. The van der Waals surface area contributed by atoms with E-state index in [0.29, 0.717) is 16.7 Å². The van der Waals surface area contributed by atoms with Crippen LogP contribution in [0, 0.1) is 6.92 Å². The average Bonchev–Trinajstić information content (AvgIpc) is 2.82. The van der Waals surface area contributed by atoms with Crippen LogP contribution >= 0.6 is 0 Å². The highest BCUT2D eigenvalue weighted by Crippen LogP contribution is 2.37. The summed E-state index contributed by atoms with van der Waals surface area (Å²) in [5.74, 6) is -0.911. The van der Waals surface area contributed by atoms with Gasteiger partial charge in [0.2, 0.25) is 0 Å². The zero-order valence-electron chi connectivity index (χ0n) is 17.4. The summed E-state index contributed by atoms with van der Waals surface area (Å²) in [6.45, 7) is 1.97. The summed E-state index contributed by atoms with van der Waals surface area (Å²) in [5.41, 5.74) is 4.39. The Labute approximate surface area is 181 Å². The third kappa shape index (κ3) is 4.05. The molecule has 4 rings (SSSR count). The van der Waals surface area contributed by atoms with Crippen LogP contribution in [0.2, 0.25) is 0 Å². The minimum Gasteiger partial charge on any atom is -0.465 e. The zero-order chi connectivity index (χ0) is 21.8. The molecule has 0 aliphatic carbocycles. The van der Waals surface area contributed by atoms with Crippen LogP contribution in [0.4, 0.5) is 0 Å². The summed E-state index contributed by atoms with van der Waals surface area (Å²) in [5, 5.41) is 1.90. The first kappa shape index (κ1) is 20.4. The molecular formula is C27H22O4. The summed E-state index contributed by atoms with van der Waals surface area (Å²) in [7, 11) is 1.35. The summed E-state index contributed by atoms with van der Waals surface area (Å²) in [6.07, 6.45) is 0. The monoisotopic (exact) mass is 410 g/mol. The van der Waals surface area contributed by atoms with Gasteiger partial charge in [-0.2, -0.15) is 0 Å². The van der Waals surface area contributed by atoms with E-state index in [0.717, 1.165) is 27.5 Å². The van der Waals surface area contributed by atoms with E-state index >= 15 is 0 Å². The van der Waals surface area contributed by atoms with Gasteiger partial charge in [0.25, 0.3) is 0 Å². The van der Waals surface area contributed by atoms with Crippen molar-refractivity contribution in [1.82, 2.24) is 0 Å². The Balaban J connectivity index is 1.91. The van der Waals surface area contributed by atoms with Crippen molar-refractivity contribution in [2.75, 3.05) is 7.11 Å². The minimum absolute atomic E-state index is 0.0489. The Morgan fingerprint density at radius 2 is 1.48 bits per heavy atom. The molecule has 0 heterocycles. The van der Waals surface area contributed by atoms with Gasteiger partial charge in [0, 0.05) is 5.56 Å². The standard InChI is InChI=1S/C27H22O4/c1-18-10-6-8-14-21(18)25-22-15-9-7-13-20(22)16-23(27(29)30-2)24(25)17-31-26(28)19-11-4-3-5-12-19/h3-16H,17H2,1-2H3. The lowest BCUT2D eigenvalue weighted by molar-refractivity contribution is 0.0462. The average molecular weight is 410 g/mol. The van der Waals surface area contributed by atoms with Gasteiger partial charge in [-0.05, 0) is 52.6 Å². The third-order valence-corrected chi connectivity index (χ3v) is 5.33. The number of carbonyl (C=O) groups is 2. The van der Waals surface area contributed by atoms with Crippen LogP contribution in [-0.2, 0) is 16.1 Å². The van der Waals surface area contributed by atoms with Crippen LogP contribution < -0.4 is 0 Å². The van der Waals surface area contributed by atoms with Crippen molar-refractivity contribution in [3.63, 3.8) is 0 Å². The maximum absolute atomic E-state index is 12.7. The van der Waals surface area contributed by atoms with Crippen LogP contribution in [0.25, 0.3) is 21.9 Å². The fourth-order valence-electron chi connectivity index (χ4n) is 3.79. The highest BCUT2D eigenvalue weighted by atomic mass is 16.5. The van der Waals surface area contributed by atoms with Crippen molar-refractivity contribution >= 4 is 22.7 Å². The van der Waals surface area contributed by atoms with Gasteiger partial charge in [-0.25, -0.2) is 9.59 Å². The molecule has 0 amide bonds. The molecule has 0 aliphatic rings. The van der Waals surface area contributed by atoms with E-state index in [4.69, 9.17) is 9.47 Å². The van der Waals surface area contributed by atoms with Crippen molar-refractivity contribution in [2.45, 2.75) is 13.5 Å². The second kappa shape index (κ2) is 8.84. The molecule has 4 heteroatoms. The zero-order valence-corrected chi connectivity index (χ0v) is 17.4. The molecular weight excluding hydrogens is 388 g/mol. The van der Waals surface area contributed by atoms with Crippen molar-refractivity contribution in [2.24, 2.45) is 0 Å². The highest BCUT2D eigenvalue weighted by Gasteiger charge is 2.22. The van der Waals surface area contributed by atoms with Gasteiger partial charge in [-0.3, -0.25) is 0 Å². The Kier molecular flexibility index (Phi) is 5.80. The van der Waals surface area contributed by atoms with Crippen LogP contribution in [0.5, 0.6) is 0 Å². The SMILES string of the molecule is COC(=O)c1cc2ccccc2c(-c2ccccc2C)c1COC(=O)c1ccccc1. The molecule has 31 heavy (non-hydrogen) atoms. The predicted molar refractivity (Wildman–Crippen MR) is 121 cm³/mol. The molecule has 0 saturated carbocycles. The molecule has 0 aliphatic heterocycles. The second-order valence-corrected chi connectivity index (χ2v) is 7.25. The van der Waals surface area contributed by atoms with E-state index in [2.05, 4.69) is 0 Å². The van der Waals surface area contributed by atoms with E-state index in [1.807, 2.05) is 61.5 Å². The smallest absolute Gasteiger partial charge is 0.338 e. The fourth-order valence-corrected chi connectivity index (χ4v) is 3.79. The molecule has 4 aromatic carbocycles. The number of rotatable bonds is 5. The van der Waals surface area contributed by atoms with E-state index in [-0.39, 0.29) is 6.61 Å². The third-order valence-electron chi connectivity index (χ3n) is 5.33. The first-order chi connectivity index (χ1) is 15.1. The topological polar surface area (TPSA) is 52.6 Å². The first-order valence-electron chi connectivity index (χ1n) is 10.0. The second-order valence-electron chi connectivity index (χ2n) is 7.25. The van der Waals surface area contributed by atoms with E-state index in [9.17, 15) is 9.59 Å². The summed E-state index contributed by atoms with van der Waals surface area (Å²) in [4.78, 5) is 25.3. The lowest BCUT2D eigenvalue weighted by Crippen LogP contribution is -2.12. The van der Waals surface area contributed by atoms with Gasteiger partial charge in [-0.15, -0.1) is 0 Å². The summed E-state index contributed by atoms with van der Waals surface area (Å²) in [6, 6.07) is 26.4. The largest absolute Gasteiger partial charge is 0.465 e. The number of hydrogen-bond acceptors (Lipinski definition) is 4. The quantitative estimate of drug-likeness (QED) is 0.381. The van der Waals surface area contributed by atoms with Gasteiger partial charge in [0.1, 0.15) is 6.61 Å². The Hall–Kier alpha value is -3.92. The Morgan fingerprint density at radius 1 is 0.806 bits per heavy atom. The number of aryl methyl sites for hydroxylation is 1. The van der Waals surface area contributed by atoms with Gasteiger partial charge < -0.3 is 9.47 Å². The predicted octanol–water partition coefficient (Wildman–Crippen LogP) is 5.96. The maximum atomic E-state index is 12.7. The molecule has 0 saturated heterocycles. The summed E-state index contributed by atoms with van der Waals surface area (Å²) < 4.78 is 10.7. The van der Waals surface area contributed by atoms with Gasteiger partial charge in [-0.1, -0.05) is 66.7 Å². The highest BCUT2D eigenvalue weighted by molar-refractivity contribution is 6.06. The van der Waals surface area contributed by atoms with Crippen LogP contribution in [-0.4, -0.2) is 19.0 Å². The van der Waals surface area contributed by atoms with Crippen LogP contribution in [0.15, 0.2) is 84.9 Å². The van der Waals surface area contributed by atoms with Gasteiger partial charge >= 0.3 is 11.9 Å². The molecule has 0 atom stereocenters. The number of fused-ring (bicyclic) bond motifs is 1. The Bertz CT molecular complexity index is 1260. The normalized spacial score (nSPS) is 10.6. The molecule has 0 radical (unpaired) electrons. The van der Waals surface area contributed by atoms with Crippen molar-refractivity contribution in [3.8, 4) is 11.1 Å². The Morgan fingerprint density at radius 3 is 2.23 bits per heavy atom. The molecule has 0 spiro atoms. The number of carbonyl (C=O) groups excluding carboxylic acids is 2. The lowest BCUT2D eigenvalue weighted by Gasteiger charge is -2.19. The van der Waals surface area contributed by atoms with Crippen molar-refractivity contribution in [3.05, 3.63) is 107 Å². The molecule has 0 bridgehead atoms. The molecule has 0 N–H and O–H groups in total. The number of esters is 2. The van der Waals surface area contributed by atoms with Crippen molar-refractivity contribution < 1.29 is 19.1 Å². The number of benzene rings is 4. The van der Waals surface area contributed by atoms with E-state index in [1.54, 1.807) is 30.3 Å². The number of hydrogen-bond donors (Lipinski definition) is 0. The fraction of sp³-hybridized carbons (Fsp3) is 0.111. The molecule has 154 valence electrons.